The first-order chi connectivity index (χ1) is 11.8. The zero-order valence-corrected chi connectivity index (χ0v) is 15.8. The predicted molar refractivity (Wildman–Crippen MR) is 96.4 cm³/mol. The van der Waals surface area contributed by atoms with Gasteiger partial charge in [0.2, 0.25) is 0 Å². The highest BCUT2D eigenvalue weighted by atomic mass is 16.3. The molecule has 0 aromatic rings. The van der Waals surface area contributed by atoms with Crippen LogP contribution in [0.2, 0.25) is 0 Å². The average molecular weight is 341 g/mol. The van der Waals surface area contributed by atoms with Gasteiger partial charge in [-0.25, -0.2) is 0 Å². The van der Waals surface area contributed by atoms with Crippen LogP contribution in [0.3, 0.4) is 0 Å². The molecule has 0 saturated heterocycles. The number of carbonyl (C=O) groups is 1. The van der Waals surface area contributed by atoms with Gasteiger partial charge in [0.1, 0.15) is 5.78 Å². The van der Waals surface area contributed by atoms with Crippen molar-refractivity contribution in [3.63, 3.8) is 0 Å². The molecule has 0 spiro atoms. The Morgan fingerprint density at radius 1 is 1.24 bits per heavy atom. The number of Topliss-reactive ketones (excluding diaryl/α,β-unsaturated/α-hetero) is 1. The van der Waals surface area contributed by atoms with E-state index in [4.69, 9.17) is 0 Å². The first-order valence-corrected chi connectivity index (χ1v) is 10.1. The highest BCUT2D eigenvalue weighted by molar-refractivity contribution is 5.85. The van der Waals surface area contributed by atoms with Crippen molar-refractivity contribution >= 4 is 5.78 Å². The molecule has 0 aromatic heterocycles. The second-order valence-electron chi connectivity index (χ2n) is 9.77. The molecule has 0 heterocycles. The molecule has 3 heteroatoms. The normalized spacial score (nSPS) is 50.1. The average Bonchev–Trinajstić information content (AvgIpc) is 2.85. The first-order valence-electron chi connectivity index (χ1n) is 10.1. The maximum atomic E-state index is 12.8. The fraction of sp³-hybridized carbons (Fsp3) is 0.818. The summed E-state index contributed by atoms with van der Waals surface area (Å²) in [6, 6.07) is 2.36. The van der Waals surface area contributed by atoms with Gasteiger partial charge in [0, 0.05) is 12.3 Å². The largest absolute Gasteiger partial charge is 0.393 e. The Kier molecular flexibility index (Phi) is 3.93. The van der Waals surface area contributed by atoms with Gasteiger partial charge in [0.05, 0.1) is 18.1 Å². The van der Waals surface area contributed by atoms with E-state index >= 15 is 0 Å². The standard InChI is InChI=1S/C22H31NO2/c1-13(12-23)20-19(25)11-18-16-5-4-14-10-15(24)6-8-21(14,2)17(16)7-9-22(18,20)3/h4,13,15-18,20,24H,5-11H2,1-3H3/t13?,15-,16?,17?,18?,20-,21-,22-/m0/s1. The number of nitriles is 1. The summed E-state index contributed by atoms with van der Waals surface area (Å²) >= 11 is 0. The molecule has 4 unspecified atom stereocenters. The van der Waals surface area contributed by atoms with Gasteiger partial charge in [-0.05, 0) is 74.0 Å². The summed E-state index contributed by atoms with van der Waals surface area (Å²) in [5.74, 6) is 1.73. The lowest BCUT2D eigenvalue weighted by Crippen LogP contribution is -2.50. The number of hydrogen-bond donors (Lipinski definition) is 1. The van der Waals surface area contributed by atoms with Gasteiger partial charge < -0.3 is 5.11 Å². The Labute approximate surface area is 151 Å². The Morgan fingerprint density at radius 2 is 2.00 bits per heavy atom. The van der Waals surface area contributed by atoms with Gasteiger partial charge in [-0.2, -0.15) is 5.26 Å². The number of carbonyl (C=O) groups excluding carboxylic acids is 1. The summed E-state index contributed by atoms with van der Waals surface area (Å²) in [7, 11) is 0. The molecule has 1 N–H and O–H groups in total. The molecule has 4 rings (SSSR count). The molecule has 0 amide bonds. The van der Waals surface area contributed by atoms with Crippen molar-refractivity contribution in [2.75, 3.05) is 0 Å². The quantitative estimate of drug-likeness (QED) is 0.725. The molecule has 8 atom stereocenters. The molecule has 3 nitrogen and oxygen atoms in total. The summed E-state index contributed by atoms with van der Waals surface area (Å²) in [6.45, 7) is 6.64. The van der Waals surface area contributed by atoms with E-state index in [1.807, 2.05) is 6.92 Å². The molecule has 3 saturated carbocycles. The smallest absolute Gasteiger partial charge is 0.138 e. The molecule has 0 radical (unpaired) electrons. The van der Waals surface area contributed by atoms with Crippen molar-refractivity contribution in [2.24, 2.45) is 40.4 Å². The Morgan fingerprint density at radius 3 is 2.72 bits per heavy atom. The zero-order valence-electron chi connectivity index (χ0n) is 15.8. The van der Waals surface area contributed by atoms with Crippen LogP contribution in [0.1, 0.15) is 65.7 Å². The van der Waals surface area contributed by atoms with Crippen molar-refractivity contribution in [2.45, 2.75) is 71.8 Å². The maximum Gasteiger partial charge on any atom is 0.138 e. The minimum Gasteiger partial charge on any atom is -0.393 e. The predicted octanol–water partition coefficient (Wildman–Crippen LogP) is 4.26. The Hall–Kier alpha value is -1.14. The minimum absolute atomic E-state index is 0.00325. The van der Waals surface area contributed by atoms with Gasteiger partial charge in [0.25, 0.3) is 0 Å². The van der Waals surface area contributed by atoms with Gasteiger partial charge in [-0.15, -0.1) is 0 Å². The number of aliphatic hydroxyl groups is 1. The fourth-order valence-electron chi connectivity index (χ4n) is 7.40. The van der Waals surface area contributed by atoms with E-state index in [1.54, 1.807) is 0 Å². The minimum atomic E-state index is -0.172. The van der Waals surface area contributed by atoms with Crippen LogP contribution in [-0.4, -0.2) is 17.0 Å². The molecular weight excluding hydrogens is 310 g/mol. The highest BCUT2D eigenvalue weighted by Gasteiger charge is 2.61. The van der Waals surface area contributed by atoms with E-state index in [2.05, 4.69) is 26.0 Å². The summed E-state index contributed by atoms with van der Waals surface area (Å²) in [4.78, 5) is 12.8. The van der Waals surface area contributed by atoms with Gasteiger partial charge in [-0.1, -0.05) is 25.5 Å². The Balaban J connectivity index is 1.68. The van der Waals surface area contributed by atoms with Crippen LogP contribution in [0.5, 0.6) is 0 Å². The molecule has 3 fully saturated rings. The van der Waals surface area contributed by atoms with Gasteiger partial charge in [-0.3, -0.25) is 4.79 Å². The van der Waals surface area contributed by atoms with Crippen LogP contribution in [0.25, 0.3) is 0 Å². The summed E-state index contributed by atoms with van der Waals surface area (Å²) < 4.78 is 0. The molecule has 0 aromatic carbocycles. The van der Waals surface area contributed by atoms with Crippen molar-refractivity contribution in [3.8, 4) is 6.07 Å². The summed E-state index contributed by atoms with van der Waals surface area (Å²) in [5.41, 5.74) is 1.69. The molecular formula is C22H31NO2. The fourth-order valence-corrected chi connectivity index (χ4v) is 7.40. The number of allylic oxidation sites excluding steroid dienone is 1. The number of rotatable bonds is 1. The van der Waals surface area contributed by atoms with Crippen LogP contribution in [0.4, 0.5) is 0 Å². The molecule has 4 aliphatic carbocycles. The van der Waals surface area contributed by atoms with Gasteiger partial charge in [0.15, 0.2) is 0 Å². The first kappa shape index (κ1) is 17.3. The number of ketones is 1. The van der Waals surface area contributed by atoms with Crippen LogP contribution in [0, 0.1) is 51.8 Å². The van der Waals surface area contributed by atoms with Crippen molar-refractivity contribution < 1.29 is 9.90 Å². The topological polar surface area (TPSA) is 61.1 Å². The van der Waals surface area contributed by atoms with E-state index < -0.39 is 0 Å². The number of nitrogens with zero attached hydrogens (tertiary/aromatic N) is 1. The number of fused-ring (bicyclic) bond motifs is 5. The van der Waals surface area contributed by atoms with Crippen LogP contribution >= 0.6 is 0 Å². The molecule has 0 bridgehead atoms. The molecule has 4 aliphatic rings. The maximum absolute atomic E-state index is 12.8. The van der Waals surface area contributed by atoms with E-state index in [-0.39, 0.29) is 28.8 Å². The number of aliphatic hydroxyl groups excluding tert-OH is 1. The third kappa shape index (κ3) is 2.29. The highest BCUT2D eigenvalue weighted by Crippen LogP contribution is 2.66. The third-order valence-corrected chi connectivity index (χ3v) is 8.70. The monoisotopic (exact) mass is 341 g/mol. The van der Waals surface area contributed by atoms with Crippen LogP contribution < -0.4 is 0 Å². The van der Waals surface area contributed by atoms with Crippen molar-refractivity contribution in [3.05, 3.63) is 11.6 Å². The van der Waals surface area contributed by atoms with E-state index in [0.717, 1.165) is 32.1 Å². The third-order valence-electron chi connectivity index (χ3n) is 8.70. The number of hydrogen-bond acceptors (Lipinski definition) is 3. The second kappa shape index (κ2) is 5.68. The molecule has 25 heavy (non-hydrogen) atoms. The second-order valence-corrected chi connectivity index (χ2v) is 9.77. The van der Waals surface area contributed by atoms with Crippen LogP contribution in [-0.2, 0) is 4.79 Å². The lowest BCUT2D eigenvalue weighted by molar-refractivity contribution is -0.123. The van der Waals surface area contributed by atoms with E-state index in [0.29, 0.717) is 30.0 Å². The zero-order chi connectivity index (χ0) is 18.0. The van der Waals surface area contributed by atoms with Crippen molar-refractivity contribution in [1.82, 2.24) is 0 Å². The lowest BCUT2D eigenvalue weighted by atomic mass is 9.47. The molecule has 136 valence electrons. The van der Waals surface area contributed by atoms with Crippen LogP contribution in [0.15, 0.2) is 11.6 Å². The van der Waals surface area contributed by atoms with Gasteiger partial charge >= 0.3 is 0 Å². The molecule has 0 aliphatic heterocycles. The van der Waals surface area contributed by atoms with Crippen molar-refractivity contribution in [1.29, 1.82) is 5.26 Å². The lowest BCUT2D eigenvalue weighted by Gasteiger charge is -2.57. The van der Waals surface area contributed by atoms with E-state index in [1.165, 1.54) is 12.0 Å². The summed E-state index contributed by atoms with van der Waals surface area (Å²) in [5, 5.41) is 19.5. The van der Waals surface area contributed by atoms with E-state index in [9.17, 15) is 15.2 Å². The summed E-state index contributed by atoms with van der Waals surface area (Å²) in [6.07, 6.45) is 9.05. The Bertz CT molecular complexity index is 661. The SMILES string of the molecule is CC(C#N)[C@H]1C(=O)CC2C3CC=C4C[C@@H](O)CC[C@]4(C)C3CC[C@@]21C.